The van der Waals surface area contributed by atoms with E-state index in [1.807, 2.05) is 6.07 Å². The smallest absolute Gasteiger partial charge is 0.406 e. The van der Waals surface area contributed by atoms with Gasteiger partial charge in [-0.15, -0.1) is 0 Å². The standard InChI is InChI=1S/C28H31Cl2F3N2O4/c1-17(11-12-34(18(2)36)16-28(31,32)33)35-25(19-7-9-21(29)10-8-19)23(20-5-4-6-22(30)13-20)14-27(3,26(35)39)15-24(37)38/h4-10,13,17,23,25H,11-12,14-16H2,1-3H3,(H,37,38). The minimum absolute atomic E-state index is 0.0525. The normalized spacial score (nSPS) is 22.5. The first-order valence-corrected chi connectivity index (χ1v) is 13.2. The van der Waals surface area contributed by atoms with Crippen molar-refractivity contribution in [2.75, 3.05) is 13.1 Å². The Labute approximate surface area is 235 Å². The number of carbonyl (C=O) groups excluding carboxylic acids is 2. The third-order valence-corrected chi connectivity index (χ3v) is 7.73. The summed E-state index contributed by atoms with van der Waals surface area (Å²) in [5, 5.41) is 10.6. The van der Waals surface area contributed by atoms with Crippen molar-refractivity contribution in [1.29, 1.82) is 0 Å². The molecule has 1 N–H and O–H groups in total. The lowest BCUT2D eigenvalue weighted by atomic mass is 9.67. The number of amides is 2. The summed E-state index contributed by atoms with van der Waals surface area (Å²) in [7, 11) is 0. The van der Waals surface area contributed by atoms with Crippen LogP contribution in [0.5, 0.6) is 0 Å². The zero-order valence-electron chi connectivity index (χ0n) is 21.8. The second-order valence-electron chi connectivity index (χ2n) is 10.4. The SMILES string of the molecule is CC(=O)N(CCC(C)N1C(=O)C(C)(CC(=O)O)CC(c2cccc(Cl)c2)C1c1ccc(Cl)cc1)CC(F)(F)F. The van der Waals surface area contributed by atoms with Gasteiger partial charge < -0.3 is 14.9 Å². The van der Waals surface area contributed by atoms with Crippen LogP contribution < -0.4 is 0 Å². The van der Waals surface area contributed by atoms with Crippen LogP contribution in [0.2, 0.25) is 10.0 Å². The van der Waals surface area contributed by atoms with Crippen LogP contribution in [0, 0.1) is 5.41 Å². The maximum atomic E-state index is 14.1. The van der Waals surface area contributed by atoms with Gasteiger partial charge in [0.25, 0.3) is 0 Å². The molecule has 1 aliphatic rings. The molecule has 0 saturated carbocycles. The fourth-order valence-electron chi connectivity index (χ4n) is 5.41. The molecule has 2 amide bonds. The van der Waals surface area contributed by atoms with Crippen LogP contribution in [0.3, 0.4) is 0 Å². The van der Waals surface area contributed by atoms with E-state index in [-0.39, 0.29) is 25.3 Å². The number of rotatable bonds is 9. The second kappa shape index (κ2) is 12.2. The average molecular weight is 587 g/mol. The monoisotopic (exact) mass is 586 g/mol. The third-order valence-electron chi connectivity index (χ3n) is 7.24. The van der Waals surface area contributed by atoms with E-state index in [1.54, 1.807) is 61.2 Å². The van der Waals surface area contributed by atoms with Crippen molar-refractivity contribution in [3.05, 3.63) is 69.7 Å². The molecule has 39 heavy (non-hydrogen) atoms. The highest BCUT2D eigenvalue weighted by Gasteiger charge is 2.52. The van der Waals surface area contributed by atoms with Gasteiger partial charge in [0, 0.05) is 35.5 Å². The van der Waals surface area contributed by atoms with E-state index in [1.165, 1.54) is 0 Å². The van der Waals surface area contributed by atoms with Crippen LogP contribution in [0.4, 0.5) is 13.2 Å². The summed E-state index contributed by atoms with van der Waals surface area (Å²) in [6.45, 7) is 2.74. The molecule has 11 heteroatoms. The summed E-state index contributed by atoms with van der Waals surface area (Å²) in [5.41, 5.74) is 0.245. The molecule has 0 aromatic heterocycles. The molecule has 1 aliphatic heterocycles. The second-order valence-corrected chi connectivity index (χ2v) is 11.3. The first-order valence-electron chi connectivity index (χ1n) is 12.5. The van der Waals surface area contributed by atoms with E-state index in [0.29, 0.717) is 14.9 Å². The van der Waals surface area contributed by atoms with E-state index < -0.39 is 54.4 Å². The summed E-state index contributed by atoms with van der Waals surface area (Å²) in [4.78, 5) is 40.1. The van der Waals surface area contributed by atoms with E-state index in [4.69, 9.17) is 23.2 Å². The zero-order valence-corrected chi connectivity index (χ0v) is 23.4. The average Bonchev–Trinajstić information content (AvgIpc) is 2.82. The summed E-state index contributed by atoms with van der Waals surface area (Å²) in [6, 6.07) is 12.8. The van der Waals surface area contributed by atoms with Crippen molar-refractivity contribution in [2.24, 2.45) is 5.41 Å². The van der Waals surface area contributed by atoms with Crippen molar-refractivity contribution in [3.63, 3.8) is 0 Å². The van der Waals surface area contributed by atoms with E-state index >= 15 is 0 Å². The lowest BCUT2D eigenvalue weighted by Gasteiger charge is -2.51. The molecular formula is C28H31Cl2F3N2O4. The lowest BCUT2D eigenvalue weighted by molar-refractivity contribution is -0.163. The highest BCUT2D eigenvalue weighted by molar-refractivity contribution is 6.30. The molecule has 0 bridgehead atoms. The first kappa shape index (κ1) is 30.8. The Morgan fingerprint density at radius 3 is 2.31 bits per heavy atom. The maximum absolute atomic E-state index is 14.1. The van der Waals surface area contributed by atoms with Crippen molar-refractivity contribution in [2.45, 2.75) is 64.2 Å². The molecule has 1 fully saturated rings. The number of benzene rings is 2. The Morgan fingerprint density at radius 1 is 1.13 bits per heavy atom. The van der Waals surface area contributed by atoms with Gasteiger partial charge in [-0.1, -0.05) is 54.4 Å². The molecule has 2 aromatic carbocycles. The lowest BCUT2D eigenvalue weighted by Crippen LogP contribution is -2.56. The molecule has 0 aliphatic carbocycles. The minimum Gasteiger partial charge on any atom is -0.481 e. The first-order chi connectivity index (χ1) is 18.1. The fourth-order valence-corrected chi connectivity index (χ4v) is 5.73. The van der Waals surface area contributed by atoms with Gasteiger partial charge >= 0.3 is 12.1 Å². The molecule has 3 rings (SSSR count). The van der Waals surface area contributed by atoms with E-state index in [0.717, 1.165) is 18.1 Å². The summed E-state index contributed by atoms with van der Waals surface area (Å²) < 4.78 is 39.2. The molecule has 1 saturated heterocycles. The Kier molecular flexibility index (Phi) is 9.60. The summed E-state index contributed by atoms with van der Waals surface area (Å²) in [5.74, 6) is -2.67. The number of halogens is 5. The van der Waals surface area contributed by atoms with E-state index in [2.05, 4.69) is 0 Å². The Balaban J connectivity index is 2.10. The molecule has 0 spiro atoms. The predicted octanol–water partition coefficient (Wildman–Crippen LogP) is 6.72. The number of carboxylic acid groups (broad SMARTS) is 1. The Bertz CT molecular complexity index is 1210. The number of likely N-dealkylation sites (tertiary alicyclic amines) is 1. The minimum atomic E-state index is -4.57. The molecule has 4 atom stereocenters. The number of hydrogen-bond donors (Lipinski definition) is 1. The number of carboxylic acids is 1. The fraction of sp³-hybridized carbons (Fsp3) is 0.464. The van der Waals surface area contributed by atoms with Crippen molar-refractivity contribution in [1.82, 2.24) is 9.80 Å². The number of hydrogen-bond acceptors (Lipinski definition) is 3. The Hall–Kier alpha value is -2.78. The third kappa shape index (κ3) is 7.66. The molecule has 212 valence electrons. The summed E-state index contributed by atoms with van der Waals surface area (Å²) >= 11 is 12.4. The van der Waals surface area contributed by atoms with Gasteiger partial charge in [0.2, 0.25) is 11.8 Å². The van der Waals surface area contributed by atoms with Gasteiger partial charge in [0.05, 0.1) is 17.9 Å². The van der Waals surface area contributed by atoms with Gasteiger partial charge in [-0.05, 0) is 55.2 Å². The number of nitrogens with zero attached hydrogens (tertiary/aromatic N) is 2. The van der Waals surface area contributed by atoms with Crippen molar-refractivity contribution in [3.8, 4) is 0 Å². The summed E-state index contributed by atoms with van der Waals surface area (Å²) in [6.07, 6.45) is -4.73. The molecule has 6 nitrogen and oxygen atoms in total. The molecule has 0 radical (unpaired) electrons. The molecular weight excluding hydrogens is 556 g/mol. The Morgan fingerprint density at radius 2 is 1.77 bits per heavy atom. The van der Waals surface area contributed by atoms with Crippen LogP contribution in [-0.4, -0.2) is 58.0 Å². The molecule has 1 heterocycles. The molecule has 4 unspecified atom stereocenters. The van der Waals surface area contributed by atoms with Crippen LogP contribution in [0.1, 0.15) is 63.1 Å². The van der Waals surface area contributed by atoms with Crippen LogP contribution in [-0.2, 0) is 14.4 Å². The maximum Gasteiger partial charge on any atom is 0.406 e. The number of piperidine rings is 1. The van der Waals surface area contributed by atoms with Crippen molar-refractivity contribution >= 4 is 41.0 Å². The number of aliphatic carboxylic acids is 1. The van der Waals surface area contributed by atoms with Gasteiger partial charge in [0.15, 0.2) is 0 Å². The largest absolute Gasteiger partial charge is 0.481 e. The van der Waals surface area contributed by atoms with Gasteiger partial charge in [-0.25, -0.2) is 0 Å². The zero-order chi connectivity index (χ0) is 29.1. The highest BCUT2D eigenvalue weighted by Crippen LogP contribution is 2.52. The van der Waals surface area contributed by atoms with E-state index in [9.17, 15) is 32.7 Å². The van der Waals surface area contributed by atoms with Gasteiger partial charge in [0.1, 0.15) is 6.54 Å². The highest BCUT2D eigenvalue weighted by atomic mass is 35.5. The van der Waals surface area contributed by atoms with Gasteiger partial charge in [-0.2, -0.15) is 13.2 Å². The predicted molar refractivity (Wildman–Crippen MR) is 143 cm³/mol. The van der Waals surface area contributed by atoms with Gasteiger partial charge in [-0.3, -0.25) is 14.4 Å². The van der Waals surface area contributed by atoms with Crippen molar-refractivity contribution < 1.29 is 32.7 Å². The quantitative estimate of drug-likeness (QED) is 0.354. The molecule has 2 aromatic rings. The number of carbonyl (C=O) groups is 3. The van der Waals surface area contributed by atoms with Crippen LogP contribution >= 0.6 is 23.2 Å². The van der Waals surface area contributed by atoms with Crippen LogP contribution in [0.15, 0.2) is 48.5 Å². The number of alkyl halides is 3. The topological polar surface area (TPSA) is 77.9 Å². The van der Waals surface area contributed by atoms with Crippen LogP contribution in [0.25, 0.3) is 0 Å².